The zero-order chi connectivity index (χ0) is 11.7. The minimum absolute atomic E-state index is 0.0473. The predicted molar refractivity (Wildman–Crippen MR) is 50.2 cm³/mol. The van der Waals surface area contributed by atoms with Gasteiger partial charge in [-0.15, -0.1) is 0 Å². The molecule has 1 saturated heterocycles. The van der Waals surface area contributed by atoms with E-state index in [0.29, 0.717) is 18.8 Å². The smallest absolute Gasteiger partial charge is 0.460 e. The standard InChI is InChI=1S/C6H10O3.C3H4O3/c1-5(2)6(8)9-4-3-7;4-3-5-1-2-6-3/h7H,1,3-4H2,2H3;1-2H2. The molecule has 0 aromatic heterocycles. The largest absolute Gasteiger partial charge is 0.508 e. The van der Waals surface area contributed by atoms with Crippen LogP contribution in [0.2, 0.25) is 0 Å². The summed E-state index contributed by atoms with van der Waals surface area (Å²) in [5.41, 5.74) is 0.350. The number of carbonyl (C=O) groups excluding carboxylic acids is 2. The molecule has 0 atom stereocenters. The van der Waals surface area contributed by atoms with Crippen molar-refractivity contribution in [1.29, 1.82) is 0 Å². The lowest BCUT2D eigenvalue weighted by atomic mass is 10.4. The van der Waals surface area contributed by atoms with Crippen LogP contribution in [0.4, 0.5) is 4.79 Å². The van der Waals surface area contributed by atoms with Crippen molar-refractivity contribution in [3.8, 4) is 0 Å². The average Bonchev–Trinajstić information content (AvgIpc) is 2.66. The number of ether oxygens (including phenoxy) is 3. The number of hydrogen-bond acceptors (Lipinski definition) is 6. The normalized spacial score (nSPS) is 13.1. The van der Waals surface area contributed by atoms with Crippen molar-refractivity contribution in [2.75, 3.05) is 26.4 Å². The van der Waals surface area contributed by atoms with Crippen LogP contribution >= 0.6 is 0 Å². The number of carbonyl (C=O) groups is 2. The van der Waals surface area contributed by atoms with Gasteiger partial charge in [-0.05, 0) is 6.92 Å². The van der Waals surface area contributed by atoms with Crippen LogP contribution in [0.1, 0.15) is 6.92 Å². The van der Waals surface area contributed by atoms with E-state index in [1.807, 2.05) is 0 Å². The number of esters is 1. The Morgan fingerprint density at radius 3 is 2.33 bits per heavy atom. The molecule has 1 fully saturated rings. The summed E-state index contributed by atoms with van der Waals surface area (Å²) >= 11 is 0. The molecule has 1 aliphatic heterocycles. The SMILES string of the molecule is C=C(C)C(=O)OCCO.O=C1OCCO1. The highest BCUT2D eigenvalue weighted by molar-refractivity contribution is 5.86. The Morgan fingerprint density at radius 2 is 2.07 bits per heavy atom. The Labute approximate surface area is 87.4 Å². The van der Waals surface area contributed by atoms with Crippen LogP contribution in [0.25, 0.3) is 0 Å². The van der Waals surface area contributed by atoms with Crippen molar-refractivity contribution in [2.24, 2.45) is 0 Å². The van der Waals surface area contributed by atoms with Gasteiger partial charge < -0.3 is 19.3 Å². The fraction of sp³-hybridized carbons (Fsp3) is 0.556. The van der Waals surface area contributed by atoms with Gasteiger partial charge in [0.05, 0.1) is 6.61 Å². The van der Waals surface area contributed by atoms with Crippen LogP contribution in [0, 0.1) is 0 Å². The lowest BCUT2D eigenvalue weighted by Gasteiger charge is -1.99. The molecule has 0 aromatic carbocycles. The second-order valence-electron chi connectivity index (χ2n) is 2.59. The summed E-state index contributed by atoms with van der Waals surface area (Å²) < 4.78 is 13.0. The Bertz CT molecular complexity index is 227. The minimum Gasteiger partial charge on any atom is -0.460 e. The van der Waals surface area contributed by atoms with E-state index in [0.717, 1.165) is 0 Å². The molecule has 1 N–H and O–H groups in total. The second-order valence-corrected chi connectivity index (χ2v) is 2.59. The summed E-state index contributed by atoms with van der Waals surface area (Å²) in [5.74, 6) is -0.455. The van der Waals surface area contributed by atoms with E-state index in [2.05, 4.69) is 20.8 Å². The van der Waals surface area contributed by atoms with Crippen molar-refractivity contribution < 1.29 is 28.9 Å². The van der Waals surface area contributed by atoms with Gasteiger partial charge in [0.1, 0.15) is 19.8 Å². The molecular weight excluding hydrogens is 204 g/mol. The molecule has 6 heteroatoms. The second kappa shape index (κ2) is 7.81. The van der Waals surface area contributed by atoms with Crippen molar-refractivity contribution in [3.05, 3.63) is 12.2 Å². The van der Waals surface area contributed by atoms with Crippen LogP contribution in [-0.2, 0) is 19.0 Å². The number of aliphatic hydroxyl groups excluding tert-OH is 1. The van der Waals surface area contributed by atoms with Crippen molar-refractivity contribution in [2.45, 2.75) is 6.92 Å². The zero-order valence-corrected chi connectivity index (χ0v) is 8.52. The van der Waals surface area contributed by atoms with Crippen molar-refractivity contribution >= 4 is 12.1 Å². The molecule has 1 heterocycles. The molecule has 0 spiro atoms. The lowest BCUT2D eigenvalue weighted by molar-refractivity contribution is -0.139. The Morgan fingerprint density at radius 1 is 1.53 bits per heavy atom. The van der Waals surface area contributed by atoms with Gasteiger partial charge in [-0.2, -0.15) is 0 Å². The topological polar surface area (TPSA) is 82.1 Å². The fourth-order valence-electron chi connectivity index (χ4n) is 0.553. The first-order valence-corrected chi connectivity index (χ1v) is 4.31. The molecule has 0 aliphatic carbocycles. The van der Waals surface area contributed by atoms with Crippen molar-refractivity contribution in [3.63, 3.8) is 0 Å². The number of hydrogen-bond donors (Lipinski definition) is 1. The van der Waals surface area contributed by atoms with Gasteiger partial charge in [0, 0.05) is 5.57 Å². The third-order valence-electron chi connectivity index (χ3n) is 1.20. The van der Waals surface area contributed by atoms with E-state index >= 15 is 0 Å². The Hall–Kier alpha value is -1.56. The van der Waals surface area contributed by atoms with E-state index < -0.39 is 12.1 Å². The van der Waals surface area contributed by atoms with Gasteiger partial charge in [-0.25, -0.2) is 9.59 Å². The average molecular weight is 218 g/mol. The van der Waals surface area contributed by atoms with E-state index in [9.17, 15) is 9.59 Å². The van der Waals surface area contributed by atoms with E-state index in [1.54, 1.807) is 6.92 Å². The highest BCUT2D eigenvalue weighted by Gasteiger charge is 2.09. The molecule has 0 aromatic rings. The first-order valence-electron chi connectivity index (χ1n) is 4.31. The highest BCUT2D eigenvalue weighted by atomic mass is 16.8. The predicted octanol–water partition coefficient (Wildman–Crippen LogP) is 0.251. The van der Waals surface area contributed by atoms with E-state index in [4.69, 9.17) is 5.11 Å². The minimum atomic E-state index is -0.546. The molecule has 1 rings (SSSR count). The summed E-state index contributed by atoms with van der Waals surface area (Å²) in [6.45, 7) is 5.65. The zero-order valence-electron chi connectivity index (χ0n) is 8.52. The Balaban J connectivity index is 0.000000280. The maximum Gasteiger partial charge on any atom is 0.508 e. The molecule has 1 aliphatic rings. The van der Waals surface area contributed by atoms with Crippen LogP contribution in [0.3, 0.4) is 0 Å². The highest BCUT2D eigenvalue weighted by Crippen LogP contribution is 1.92. The number of rotatable bonds is 3. The summed E-state index contributed by atoms with van der Waals surface area (Å²) in [6, 6.07) is 0. The molecule has 0 bridgehead atoms. The number of cyclic esters (lactones) is 2. The molecule has 0 radical (unpaired) electrons. The number of aliphatic hydroxyl groups is 1. The van der Waals surface area contributed by atoms with Gasteiger partial charge in [0.2, 0.25) is 0 Å². The fourth-order valence-corrected chi connectivity index (χ4v) is 0.553. The lowest BCUT2D eigenvalue weighted by Crippen LogP contribution is -2.08. The van der Waals surface area contributed by atoms with Crippen LogP contribution in [0.15, 0.2) is 12.2 Å². The van der Waals surface area contributed by atoms with Crippen LogP contribution < -0.4 is 0 Å². The monoisotopic (exact) mass is 218 g/mol. The molecule has 0 unspecified atom stereocenters. The molecule has 0 saturated carbocycles. The van der Waals surface area contributed by atoms with E-state index in [-0.39, 0.29) is 13.2 Å². The molecule has 86 valence electrons. The van der Waals surface area contributed by atoms with Gasteiger partial charge in [0.25, 0.3) is 0 Å². The van der Waals surface area contributed by atoms with Crippen molar-refractivity contribution in [1.82, 2.24) is 0 Å². The summed E-state index contributed by atoms with van der Waals surface area (Å²) in [5, 5.41) is 8.19. The van der Waals surface area contributed by atoms with Gasteiger partial charge in [-0.1, -0.05) is 6.58 Å². The van der Waals surface area contributed by atoms with Crippen LogP contribution in [0.5, 0.6) is 0 Å². The van der Waals surface area contributed by atoms with Crippen LogP contribution in [-0.4, -0.2) is 43.7 Å². The Kier molecular flexibility index (Phi) is 7.00. The molecular formula is C9H14O6. The first kappa shape index (κ1) is 13.4. The summed E-state index contributed by atoms with van der Waals surface area (Å²) in [6.07, 6.45) is -0.546. The molecule has 0 amide bonds. The summed E-state index contributed by atoms with van der Waals surface area (Å²) in [7, 11) is 0. The summed E-state index contributed by atoms with van der Waals surface area (Å²) in [4.78, 5) is 20.3. The molecule has 6 nitrogen and oxygen atoms in total. The maximum absolute atomic E-state index is 10.5. The van der Waals surface area contributed by atoms with E-state index in [1.165, 1.54) is 0 Å². The first-order chi connectivity index (χ1) is 7.07. The van der Waals surface area contributed by atoms with Gasteiger partial charge in [-0.3, -0.25) is 0 Å². The molecule has 15 heavy (non-hydrogen) atoms. The maximum atomic E-state index is 10.5. The quantitative estimate of drug-likeness (QED) is 0.540. The van der Waals surface area contributed by atoms with Gasteiger partial charge in [0.15, 0.2) is 0 Å². The third-order valence-corrected chi connectivity index (χ3v) is 1.20. The third kappa shape index (κ3) is 7.51. The van der Waals surface area contributed by atoms with Gasteiger partial charge >= 0.3 is 12.1 Å².